The van der Waals surface area contributed by atoms with Crippen LogP contribution in [0.2, 0.25) is 0 Å². The van der Waals surface area contributed by atoms with E-state index in [2.05, 4.69) is 14.9 Å². The molecule has 1 saturated heterocycles. The molecule has 0 aliphatic carbocycles. The predicted octanol–water partition coefficient (Wildman–Crippen LogP) is 2.67. The maximum atomic E-state index is 5.86. The van der Waals surface area contributed by atoms with Gasteiger partial charge in [-0.3, -0.25) is 0 Å². The number of hydrogen-bond acceptors (Lipinski definition) is 6. The van der Waals surface area contributed by atoms with E-state index in [0.717, 1.165) is 31.5 Å². The van der Waals surface area contributed by atoms with Gasteiger partial charge in [-0.25, -0.2) is 0 Å². The molecule has 0 N–H and O–H groups in total. The highest BCUT2D eigenvalue weighted by Gasteiger charge is 2.22. The van der Waals surface area contributed by atoms with Crippen molar-refractivity contribution in [2.75, 3.05) is 32.2 Å². The molecule has 0 spiro atoms. The molecule has 1 fully saturated rings. The fraction of sp³-hybridized carbons (Fsp3) is 0.412. The van der Waals surface area contributed by atoms with E-state index in [4.69, 9.17) is 14.2 Å². The Morgan fingerprint density at radius 3 is 2.13 bits per heavy atom. The van der Waals surface area contributed by atoms with Gasteiger partial charge >= 0.3 is 0 Å². The van der Waals surface area contributed by atoms with Crippen LogP contribution in [-0.4, -0.2) is 37.3 Å². The second-order valence-corrected chi connectivity index (χ2v) is 5.34. The zero-order chi connectivity index (χ0) is 16.1. The van der Waals surface area contributed by atoms with Gasteiger partial charge in [-0.2, -0.15) is 9.97 Å². The van der Waals surface area contributed by atoms with Crippen molar-refractivity contribution in [1.29, 1.82) is 0 Å². The van der Waals surface area contributed by atoms with Gasteiger partial charge in [0.1, 0.15) is 6.61 Å². The van der Waals surface area contributed by atoms with E-state index in [9.17, 15) is 0 Å². The molecule has 0 amide bonds. The quantitative estimate of drug-likeness (QED) is 0.817. The van der Waals surface area contributed by atoms with Crippen LogP contribution in [0, 0.1) is 0 Å². The molecule has 1 aromatic carbocycles. The Hall–Kier alpha value is -2.50. The molecule has 122 valence electrons. The maximum absolute atomic E-state index is 5.86. The summed E-state index contributed by atoms with van der Waals surface area (Å²) in [5.41, 5.74) is 1.06. The molecule has 0 unspecified atom stereocenters. The summed E-state index contributed by atoms with van der Waals surface area (Å²) >= 11 is 0. The molecule has 1 aliphatic heterocycles. The van der Waals surface area contributed by atoms with Gasteiger partial charge in [-0.1, -0.05) is 30.3 Å². The molecule has 6 heteroatoms. The fourth-order valence-corrected chi connectivity index (χ4v) is 2.59. The molecule has 23 heavy (non-hydrogen) atoms. The molecule has 1 aliphatic rings. The van der Waals surface area contributed by atoms with Crippen molar-refractivity contribution in [1.82, 2.24) is 9.97 Å². The zero-order valence-electron chi connectivity index (χ0n) is 13.5. The molecule has 0 saturated carbocycles. The van der Waals surface area contributed by atoms with E-state index in [0.29, 0.717) is 30.1 Å². The van der Waals surface area contributed by atoms with Gasteiger partial charge in [0.2, 0.25) is 11.7 Å². The van der Waals surface area contributed by atoms with Crippen LogP contribution in [0.3, 0.4) is 0 Å². The number of hydrogen-bond donors (Lipinski definition) is 0. The van der Waals surface area contributed by atoms with Crippen molar-refractivity contribution in [3.8, 4) is 17.5 Å². The van der Waals surface area contributed by atoms with Crippen LogP contribution >= 0.6 is 0 Å². The summed E-state index contributed by atoms with van der Waals surface area (Å²) in [6, 6.07) is 9.91. The first-order valence-electron chi connectivity index (χ1n) is 7.73. The number of aromatic nitrogens is 2. The van der Waals surface area contributed by atoms with Crippen LogP contribution in [0.15, 0.2) is 30.3 Å². The summed E-state index contributed by atoms with van der Waals surface area (Å²) in [5.74, 6) is 1.86. The third-order valence-corrected chi connectivity index (χ3v) is 3.79. The van der Waals surface area contributed by atoms with E-state index in [-0.39, 0.29) is 0 Å². The highest BCUT2D eigenvalue weighted by molar-refractivity contribution is 5.49. The topological polar surface area (TPSA) is 56.7 Å². The van der Waals surface area contributed by atoms with Crippen molar-refractivity contribution >= 4 is 5.95 Å². The maximum Gasteiger partial charge on any atom is 0.265 e. The molecule has 0 bridgehead atoms. The minimum atomic E-state index is 0.398. The van der Waals surface area contributed by atoms with Crippen LogP contribution in [-0.2, 0) is 6.61 Å². The number of ether oxygens (including phenoxy) is 3. The van der Waals surface area contributed by atoms with E-state index in [1.807, 2.05) is 30.3 Å². The number of rotatable bonds is 6. The Morgan fingerprint density at radius 2 is 1.57 bits per heavy atom. The first-order valence-corrected chi connectivity index (χ1v) is 7.73. The average molecular weight is 315 g/mol. The largest absolute Gasteiger partial charge is 0.479 e. The minimum Gasteiger partial charge on any atom is -0.479 e. The summed E-state index contributed by atoms with van der Waals surface area (Å²) in [6.07, 6.45) is 2.31. The number of methoxy groups -OCH3 is 2. The van der Waals surface area contributed by atoms with E-state index in [1.54, 1.807) is 14.2 Å². The summed E-state index contributed by atoms with van der Waals surface area (Å²) in [5, 5.41) is 0. The Bertz CT molecular complexity index is 618. The predicted molar refractivity (Wildman–Crippen MR) is 87.4 cm³/mol. The second-order valence-electron chi connectivity index (χ2n) is 5.34. The van der Waals surface area contributed by atoms with Crippen LogP contribution in [0.4, 0.5) is 5.95 Å². The number of anilines is 1. The fourth-order valence-electron chi connectivity index (χ4n) is 2.59. The van der Waals surface area contributed by atoms with Gasteiger partial charge < -0.3 is 19.1 Å². The van der Waals surface area contributed by atoms with Crippen molar-refractivity contribution in [2.24, 2.45) is 0 Å². The molecule has 1 aromatic heterocycles. The summed E-state index contributed by atoms with van der Waals surface area (Å²) in [7, 11) is 3.15. The Morgan fingerprint density at radius 1 is 0.957 bits per heavy atom. The van der Waals surface area contributed by atoms with Crippen LogP contribution in [0.1, 0.15) is 18.4 Å². The lowest BCUT2D eigenvalue weighted by Gasteiger charge is -2.19. The Balaban J connectivity index is 1.85. The Labute approximate surface area is 136 Å². The van der Waals surface area contributed by atoms with Crippen molar-refractivity contribution in [3.05, 3.63) is 35.9 Å². The average Bonchev–Trinajstić information content (AvgIpc) is 3.14. The van der Waals surface area contributed by atoms with Crippen LogP contribution in [0.5, 0.6) is 17.5 Å². The minimum absolute atomic E-state index is 0.398. The normalized spacial score (nSPS) is 13.9. The lowest BCUT2D eigenvalue weighted by atomic mass is 10.2. The van der Waals surface area contributed by atoms with Gasteiger partial charge in [0, 0.05) is 13.1 Å². The molecule has 6 nitrogen and oxygen atoms in total. The van der Waals surface area contributed by atoms with E-state index in [1.165, 1.54) is 0 Å². The van der Waals surface area contributed by atoms with E-state index < -0.39 is 0 Å². The number of nitrogens with zero attached hydrogens (tertiary/aromatic N) is 3. The highest BCUT2D eigenvalue weighted by atomic mass is 16.5. The number of benzene rings is 1. The molecule has 2 heterocycles. The van der Waals surface area contributed by atoms with Gasteiger partial charge in [0.15, 0.2) is 0 Å². The lowest BCUT2D eigenvalue weighted by molar-refractivity contribution is 0.256. The van der Waals surface area contributed by atoms with Crippen molar-refractivity contribution < 1.29 is 14.2 Å². The third kappa shape index (κ3) is 3.47. The Kier molecular flexibility index (Phi) is 4.80. The summed E-state index contributed by atoms with van der Waals surface area (Å²) < 4.78 is 16.6. The molecule has 0 atom stereocenters. The van der Waals surface area contributed by atoms with Crippen LogP contribution < -0.4 is 19.1 Å². The molecular formula is C17H21N3O3. The molecular weight excluding hydrogens is 294 g/mol. The first-order chi connectivity index (χ1) is 11.3. The van der Waals surface area contributed by atoms with Gasteiger partial charge in [-0.15, -0.1) is 0 Å². The molecule has 0 radical (unpaired) electrons. The smallest absolute Gasteiger partial charge is 0.265 e. The lowest BCUT2D eigenvalue weighted by Crippen LogP contribution is -2.21. The third-order valence-electron chi connectivity index (χ3n) is 3.79. The van der Waals surface area contributed by atoms with E-state index >= 15 is 0 Å². The summed E-state index contributed by atoms with van der Waals surface area (Å²) in [6.45, 7) is 2.31. The standard InChI is InChI=1S/C17H21N3O3/c1-21-15-14(23-12-13-8-4-3-5-9-13)16(22-2)19-17(18-15)20-10-6-7-11-20/h3-5,8-9H,6-7,10-12H2,1-2H3. The van der Waals surface area contributed by atoms with Gasteiger partial charge in [0.25, 0.3) is 11.8 Å². The van der Waals surface area contributed by atoms with Gasteiger partial charge in [-0.05, 0) is 18.4 Å². The second kappa shape index (κ2) is 7.17. The first kappa shape index (κ1) is 15.4. The highest BCUT2D eigenvalue weighted by Crippen LogP contribution is 2.36. The molecule has 3 rings (SSSR count). The SMILES string of the molecule is COc1nc(N2CCCC2)nc(OC)c1OCc1ccccc1. The van der Waals surface area contributed by atoms with Crippen molar-refractivity contribution in [3.63, 3.8) is 0 Å². The monoisotopic (exact) mass is 315 g/mol. The molecule has 2 aromatic rings. The zero-order valence-corrected chi connectivity index (χ0v) is 13.5. The van der Waals surface area contributed by atoms with Gasteiger partial charge in [0.05, 0.1) is 14.2 Å². The van der Waals surface area contributed by atoms with Crippen molar-refractivity contribution in [2.45, 2.75) is 19.4 Å². The summed E-state index contributed by atoms with van der Waals surface area (Å²) in [4.78, 5) is 11.1. The van der Waals surface area contributed by atoms with Crippen LogP contribution in [0.25, 0.3) is 0 Å².